The molecule has 0 spiro atoms. The van der Waals surface area contributed by atoms with E-state index in [0.29, 0.717) is 23.4 Å². The molecule has 2 aromatic rings. The number of likely N-dealkylation sites (N-methyl/N-ethyl adjacent to an activating group) is 1. The third kappa shape index (κ3) is 3.29. The molecule has 1 aromatic heterocycles. The lowest BCUT2D eigenvalue weighted by molar-refractivity contribution is -0.135. The summed E-state index contributed by atoms with van der Waals surface area (Å²) in [5, 5.41) is 10.5. The smallest absolute Gasteiger partial charge is 0.261 e. The molecule has 1 fully saturated rings. The standard InChI is InChI=1S/C18H18Cl2N4O2/c1-23(18(10-21)5-3-2-4-6-18)15(25)9-24-11-22-16-13(17(24)26)7-12(19)8-14(16)20/h7-8,11H,2-6,9H2,1H3. The molecule has 6 nitrogen and oxygen atoms in total. The molecule has 0 radical (unpaired) electrons. The second-order valence-electron chi connectivity index (χ2n) is 6.62. The summed E-state index contributed by atoms with van der Waals surface area (Å²) < 4.78 is 1.22. The van der Waals surface area contributed by atoms with E-state index in [9.17, 15) is 14.9 Å². The first kappa shape index (κ1) is 18.7. The maximum Gasteiger partial charge on any atom is 0.261 e. The monoisotopic (exact) mass is 392 g/mol. The number of hydrogen-bond acceptors (Lipinski definition) is 4. The Bertz CT molecular complexity index is 958. The molecule has 0 saturated heterocycles. The Balaban J connectivity index is 1.91. The van der Waals surface area contributed by atoms with Crippen molar-refractivity contribution >= 4 is 40.0 Å². The fourth-order valence-corrected chi connectivity index (χ4v) is 4.00. The fraction of sp³-hybridized carbons (Fsp3) is 0.444. The Kier molecular flexibility index (Phi) is 5.22. The summed E-state index contributed by atoms with van der Waals surface area (Å²) in [5.74, 6) is -0.301. The van der Waals surface area contributed by atoms with Crippen molar-refractivity contribution in [3.05, 3.63) is 38.9 Å². The molecule has 0 bridgehead atoms. The highest BCUT2D eigenvalue weighted by atomic mass is 35.5. The maximum atomic E-state index is 12.7. The minimum absolute atomic E-state index is 0.189. The molecule has 1 aromatic carbocycles. The first-order chi connectivity index (χ1) is 12.4. The number of nitrogens with zero attached hydrogens (tertiary/aromatic N) is 4. The van der Waals surface area contributed by atoms with E-state index in [4.69, 9.17) is 23.2 Å². The average Bonchev–Trinajstić information content (AvgIpc) is 2.64. The second-order valence-corrected chi connectivity index (χ2v) is 7.46. The molecule has 1 aliphatic rings. The zero-order valence-electron chi connectivity index (χ0n) is 14.3. The highest BCUT2D eigenvalue weighted by Gasteiger charge is 2.38. The van der Waals surface area contributed by atoms with Crippen molar-refractivity contribution in [2.24, 2.45) is 0 Å². The number of fused-ring (bicyclic) bond motifs is 1. The van der Waals surface area contributed by atoms with E-state index in [1.165, 1.54) is 27.9 Å². The van der Waals surface area contributed by atoms with Crippen LogP contribution in [0.3, 0.4) is 0 Å². The van der Waals surface area contributed by atoms with Gasteiger partial charge in [-0.1, -0.05) is 42.5 Å². The van der Waals surface area contributed by atoms with Gasteiger partial charge < -0.3 is 4.90 Å². The Morgan fingerprint density at radius 2 is 2.04 bits per heavy atom. The zero-order chi connectivity index (χ0) is 18.9. The van der Waals surface area contributed by atoms with Gasteiger partial charge in [-0.2, -0.15) is 5.26 Å². The molecule has 0 aliphatic heterocycles. The summed E-state index contributed by atoms with van der Waals surface area (Å²) in [6.45, 7) is -0.189. The van der Waals surface area contributed by atoms with E-state index in [1.54, 1.807) is 7.05 Å². The zero-order valence-corrected chi connectivity index (χ0v) is 15.8. The minimum atomic E-state index is -0.796. The lowest BCUT2D eigenvalue weighted by Gasteiger charge is -2.39. The summed E-state index contributed by atoms with van der Waals surface area (Å²) >= 11 is 12.0. The number of aromatic nitrogens is 2. The molecular formula is C18H18Cl2N4O2. The highest BCUT2D eigenvalue weighted by Crippen LogP contribution is 2.32. The molecule has 1 saturated carbocycles. The van der Waals surface area contributed by atoms with Gasteiger partial charge in [-0.15, -0.1) is 0 Å². The predicted molar refractivity (Wildman–Crippen MR) is 100 cm³/mol. The lowest BCUT2D eigenvalue weighted by atomic mass is 9.81. The third-order valence-corrected chi connectivity index (χ3v) is 5.56. The molecule has 1 amide bonds. The van der Waals surface area contributed by atoms with Crippen molar-refractivity contribution in [3.8, 4) is 6.07 Å². The third-order valence-electron chi connectivity index (χ3n) is 5.06. The lowest BCUT2D eigenvalue weighted by Crippen LogP contribution is -2.51. The number of carbonyl (C=O) groups is 1. The summed E-state index contributed by atoms with van der Waals surface area (Å²) in [6, 6.07) is 5.31. The van der Waals surface area contributed by atoms with Crippen molar-refractivity contribution in [2.75, 3.05) is 7.05 Å². The number of benzene rings is 1. The SMILES string of the molecule is CN(C(=O)Cn1cnc2c(Cl)cc(Cl)cc2c1=O)C1(C#N)CCCCC1. The summed E-state index contributed by atoms with van der Waals surface area (Å²) in [5.41, 5.74) is -0.842. The molecule has 26 heavy (non-hydrogen) atoms. The molecule has 136 valence electrons. The van der Waals surface area contributed by atoms with Crippen LogP contribution < -0.4 is 5.56 Å². The predicted octanol–water partition coefficient (Wildman–Crippen LogP) is 3.39. The van der Waals surface area contributed by atoms with Crippen LogP contribution in [-0.4, -0.2) is 32.9 Å². The number of hydrogen-bond donors (Lipinski definition) is 0. The van der Waals surface area contributed by atoms with Gasteiger partial charge in [0, 0.05) is 12.1 Å². The van der Waals surface area contributed by atoms with Gasteiger partial charge >= 0.3 is 0 Å². The Morgan fingerprint density at radius 1 is 1.35 bits per heavy atom. The number of rotatable bonds is 3. The quantitative estimate of drug-likeness (QED) is 0.801. The van der Waals surface area contributed by atoms with Crippen molar-refractivity contribution in [3.63, 3.8) is 0 Å². The van der Waals surface area contributed by atoms with Gasteiger partial charge in [-0.05, 0) is 25.0 Å². The summed E-state index contributed by atoms with van der Waals surface area (Å²) in [6.07, 6.45) is 5.51. The van der Waals surface area contributed by atoms with Gasteiger partial charge in [-0.3, -0.25) is 14.2 Å². The Hall–Kier alpha value is -2.10. The minimum Gasteiger partial charge on any atom is -0.325 e. The van der Waals surface area contributed by atoms with E-state index in [0.717, 1.165) is 19.3 Å². The van der Waals surface area contributed by atoms with Gasteiger partial charge in [0.25, 0.3) is 5.56 Å². The van der Waals surface area contributed by atoms with Crippen LogP contribution in [0.15, 0.2) is 23.3 Å². The fourth-order valence-electron chi connectivity index (χ4n) is 3.46. The molecule has 0 unspecified atom stereocenters. The van der Waals surface area contributed by atoms with E-state index in [2.05, 4.69) is 11.1 Å². The van der Waals surface area contributed by atoms with Crippen molar-refractivity contribution in [2.45, 2.75) is 44.2 Å². The van der Waals surface area contributed by atoms with Crippen molar-refractivity contribution in [1.82, 2.24) is 14.5 Å². The number of nitriles is 1. The Morgan fingerprint density at radius 3 is 2.69 bits per heavy atom. The first-order valence-electron chi connectivity index (χ1n) is 8.40. The number of halogens is 2. The van der Waals surface area contributed by atoms with E-state index in [1.807, 2.05) is 0 Å². The second kappa shape index (κ2) is 7.26. The van der Waals surface area contributed by atoms with Crippen LogP contribution in [0.4, 0.5) is 0 Å². The summed E-state index contributed by atoms with van der Waals surface area (Å²) in [4.78, 5) is 31.1. The van der Waals surface area contributed by atoms with E-state index in [-0.39, 0.29) is 22.9 Å². The maximum absolute atomic E-state index is 12.7. The van der Waals surface area contributed by atoms with Gasteiger partial charge in [0.2, 0.25) is 5.91 Å². The normalized spacial score (nSPS) is 16.2. The van der Waals surface area contributed by atoms with Crippen LogP contribution >= 0.6 is 23.2 Å². The van der Waals surface area contributed by atoms with Crippen LogP contribution in [0, 0.1) is 11.3 Å². The average molecular weight is 393 g/mol. The molecule has 0 N–H and O–H groups in total. The van der Waals surface area contributed by atoms with Crippen LogP contribution in [-0.2, 0) is 11.3 Å². The molecule has 8 heteroatoms. The molecule has 3 rings (SSSR count). The van der Waals surface area contributed by atoms with E-state index >= 15 is 0 Å². The molecule has 1 aliphatic carbocycles. The van der Waals surface area contributed by atoms with Gasteiger partial charge in [0.1, 0.15) is 12.1 Å². The highest BCUT2D eigenvalue weighted by molar-refractivity contribution is 6.38. The topological polar surface area (TPSA) is 79.0 Å². The first-order valence-corrected chi connectivity index (χ1v) is 9.16. The van der Waals surface area contributed by atoms with Crippen LogP contribution in [0.5, 0.6) is 0 Å². The van der Waals surface area contributed by atoms with Crippen LogP contribution in [0.1, 0.15) is 32.1 Å². The van der Waals surface area contributed by atoms with Crippen molar-refractivity contribution < 1.29 is 4.79 Å². The molecule has 0 atom stereocenters. The van der Waals surface area contributed by atoms with Gasteiger partial charge in [0.05, 0.1) is 28.3 Å². The number of carbonyl (C=O) groups excluding carboxylic acids is 1. The van der Waals surface area contributed by atoms with Crippen LogP contribution in [0.2, 0.25) is 10.0 Å². The van der Waals surface area contributed by atoms with Crippen molar-refractivity contribution in [1.29, 1.82) is 5.26 Å². The van der Waals surface area contributed by atoms with Crippen LogP contribution in [0.25, 0.3) is 10.9 Å². The largest absolute Gasteiger partial charge is 0.325 e. The Labute approximate surface area is 160 Å². The van der Waals surface area contributed by atoms with Gasteiger partial charge in [0.15, 0.2) is 0 Å². The molecular weight excluding hydrogens is 375 g/mol. The molecule has 1 heterocycles. The van der Waals surface area contributed by atoms with Gasteiger partial charge in [-0.25, -0.2) is 4.98 Å². The number of amides is 1. The summed E-state index contributed by atoms with van der Waals surface area (Å²) in [7, 11) is 1.63. The van der Waals surface area contributed by atoms with E-state index < -0.39 is 11.1 Å².